The highest BCUT2D eigenvalue weighted by Gasteiger charge is 2.16. The lowest BCUT2D eigenvalue weighted by Crippen LogP contribution is -2.00. The molecule has 0 aliphatic rings. The maximum absolute atomic E-state index is 13.5. The lowest BCUT2D eigenvalue weighted by molar-refractivity contribution is 0.627. The predicted molar refractivity (Wildman–Crippen MR) is 118 cm³/mol. The quantitative estimate of drug-likeness (QED) is 0.336. The SMILES string of the molecule is Fc1ccc(-n2c(SCc3cccc4ccccc34)nnc2-c2ccncc2)cc1. The summed E-state index contributed by atoms with van der Waals surface area (Å²) in [6, 6.07) is 24.8. The zero-order valence-corrected chi connectivity index (χ0v) is 16.8. The fraction of sp³-hybridized carbons (Fsp3) is 0.0417. The van der Waals surface area contributed by atoms with Crippen molar-refractivity contribution in [2.45, 2.75) is 10.9 Å². The lowest BCUT2D eigenvalue weighted by Gasteiger charge is -2.11. The number of benzene rings is 3. The molecule has 3 aromatic carbocycles. The van der Waals surface area contributed by atoms with Crippen molar-refractivity contribution >= 4 is 22.5 Å². The third-order valence-corrected chi connectivity index (χ3v) is 5.87. The second kappa shape index (κ2) is 8.08. The van der Waals surface area contributed by atoms with Crippen LogP contribution in [-0.4, -0.2) is 19.7 Å². The molecule has 0 saturated carbocycles. The van der Waals surface area contributed by atoms with Gasteiger partial charge >= 0.3 is 0 Å². The van der Waals surface area contributed by atoms with Gasteiger partial charge in [-0.15, -0.1) is 10.2 Å². The molecule has 0 unspecified atom stereocenters. The summed E-state index contributed by atoms with van der Waals surface area (Å²) >= 11 is 1.61. The molecule has 0 atom stereocenters. The van der Waals surface area contributed by atoms with Crippen molar-refractivity contribution in [1.82, 2.24) is 19.7 Å². The van der Waals surface area contributed by atoms with Crippen LogP contribution in [0.15, 0.2) is 96.4 Å². The number of nitrogens with zero attached hydrogens (tertiary/aromatic N) is 4. The van der Waals surface area contributed by atoms with Crippen LogP contribution < -0.4 is 0 Å². The van der Waals surface area contributed by atoms with Gasteiger partial charge in [-0.05, 0) is 52.7 Å². The van der Waals surface area contributed by atoms with E-state index < -0.39 is 0 Å². The fourth-order valence-electron chi connectivity index (χ4n) is 3.43. The molecule has 0 saturated heterocycles. The second-order valence-corrected chi connectivity index (χ2v) is 7.72. The molecule has 0 radical (unpaired) electrons. The normalized spacial score (nSPS) is 11.1. The Morgan fingerprint density at radius 1 is 0.800 bits per heavy atom. The number of fused-ring (bicyclic) bond motifs is 1. The second-order valence-electron chi connectivity index (χ2n) is 6.78. The monoisotopic (exact) mass is 412 g/mol. The molecule has 146 valence electrons. The molecule has 0 aliphatic carbocycles. The van der Waals surface area contributed by atoms with Crippen LogP contribution in [0.4, 0.5) is 4.39 Å². The number of hydrogen-bond donors (Lipinski definition) is 0. The van der Waals surface area contributed by atoms with Gasteiger partial charge in [-0.3, -0.25) is 9.55 Å². The van der Waals surface area contributed by atoms with Crippen molar-refractivity contribution in [2.24, 2.45) is 0 Å². The summed E-state index contributed by atoms with van der Waals surface area (Å²) in [5, 5.41) is 12.1. The van der Waals surface area contributed by atoms with Crippen LogP contribution in [0.25, 0.3) is 27.8 Å². The zero-order valence-electron chi connectivity index (χ0n) is 15.9. The smallest absolute Gasteiger partial charge is 0.196 e. The van der Waals surface area contributed by atoms with Crippen molar-refractivity contribution in [1.29, 1.82) is 0 Å². The number of rotatable bonds is 5. The third kappa shape index (κ3) is 3.57. The highest BCUT2D eigenvalue weighted by molar-refractivity contribution is 7.98. The van der Waals surface area contributed by atoms with Crippen molar-refractivity contribution in [2.75, 3.05) is 0 Å². The van der Waals surface area contributed by atoms with E-state index in [9.17, 15) is 4.39 Å². The molecule has 0 amide bonds. The molecule has 0 spiro atoms. The van der Waals surface area contributed by atoms with Crippen LogP contribution in [0.5, 0.6) is 0 Å². The zero-order chi connectivity index (χ0) is 20.3. The molecule has 30 heavy (non-hydrogen) atoms. The minimum atomic E-state index is -0.276. The Morgan fingerprint density at radius 2 is 1.57 bits per heavy atom. The molecular weight excluding hydrogens is 395 g/mol. The van der Waals surface area contributed by atoms with Gasteiger partial charge in [0.05, 0.1) is 0 Å². The largest absolute Gasteiger partial charge is 0.270 e. The molecule has 5 rings (SSSR count). The van der Waals surface area contributed by atoms with Crippen molar-refractivity contribution < 1.29 is 4.39 Å². The van der Waals surface area contributed by atoms with Crippen molar-refractivity contribution in [3.63, 3.8) is 0 Å². The average Bonchev–Trinajstić information content (AvgIpc) is 3.23. The van der Waals surface area contributed by atoms with Gasteiger partial charge in [-0.25, -0.2) is 4.39 Å². The van der Waals surface area contributed by atoms with Gasteiger partial charge in [0.1, 0.15) is 5.82 Å². The predicted octanol–water partition coefficient (Wildman–Crippen LogP) is 5.91. The summed E-state index contributed by atoms with van der Waals surface area (Å²) < 4.78 is 15.5. The summed E-state index contributed by atoms with van der Waals surface area (Å²) in [6.45, 7) is 0. The minimum Gasteiger partial charge on any atom is -0.270 e. The van der Waals surface area contributed by atoms with Gasteiger partial charge in [-0.2, -0.15) is 0 Å². The molecule has 2 heterocycles. The Kier molecular flexibility index (Phi) is 4.99. The van der Waals surface area contributed by atoms with Gasteiger partial charge in [0, 0.05) is 29.4 Å². The Balaban J connectivity index is 1.55. The van der Waals surface area contributed by atoms with E-state index in [-0.39, 0.29) is 5.82 Å². The van der Waals surface area contributed by atoms with E-state index >= 15 is 0 Å². The lowest BCUT2D eigenvalue weighted by atomic mass is 10.1. The molecule has 0 fully saturated rings. The fourth-order valence-corrected chi connectivity index (χ4v) is 4.39. The Morgan fingerprint density at radius 3 is 2.40 bits per heavy atom. The molecular formula is C24H17FN4S. The van der Waals surface area contributed by atoms with Crippen LogP contribution in [-0.2, 0) is 5.75 Å². The van der Waals surface area contributed by atoms with Crippen molar-refractivity contribution in [3.8, 4) is 17.1 Å². The van der Waals surface area contributed by atoms with E-state index in [1.54, 1.807) is 36.3 Å². The van der Waals surface area contributed by atoms with E-state index in [0.29, 0.717) is 5.82 Å². The first kappa shape index (κ1) is 18.5. The first-order chi connectivity index (χ1) is 14.8. The van der Waals surface area contributed by atoms with E-state index in [4.69, 9.17) is 0 Å². The summed E-state index contributed by atoms with van der Waals surface area (Å²) in [4.78, 5) is 4.08. The average molecular weight is 412 g/mol. The van der Waals surface area contributed by atoms with E-state index in [1.165, 1.54) is 28.5 Å². The van der Waals surface area contributed by atoms with Gasteiger partial charge < -0.3 is 0 Å². The molecule has 2 aromatic heterocycles. The van der Waals surface area contributed by atoms with Crippen LogP contribution in [0.2, 0.25) is 0 Å². The van der Waals surface area contributed by atoms with Gasteiger partial charge in [0.2, 0.25) is 0 Å². The molecule has 5 aromatic rings. The maximum Gasteiger partial charge on any atom is 0.196 e. The van der Waals surface area contributed by atoms with Crippen LogP contribution in [0.3, 0.4) is 0 Å². The van der Waals surface area contributed by atoms with Gasteiger partial charge in [0.15, 0.2) is 11.0 Å². The van der Waals surface area contributed by atoms with Crippen LogP contribution >= 0.6 is 11.8 Å². The van der Waals surface area contributed by atoms with E-state index in [0.717, 1.165) is 22.2 Å². The van der Waals surface area contributed by atoms with E-state index in [1.807, 2.05) is 22.8 Å². The molecule has 0 aliphatic heterocycles. The maximum atomic E-state index is 13.5. The third-order valence-electron chi connectivity index (χ3n) is 4.89. The summed E-state index contributed by atoms with van der Waals surface area (Å²) in [7, 11) is 0. The molecule has 6 heteroatoms. The summed E-state index contributed by atoms with van der Waals surface area (Å²) in [6.07, 6.45) is 3.45. The molecule has 4 nitrogen and oxygen atoms in total. The van der Waals surface area contributed by atoms with Gasteiger partial charge in [-0.1, -0.05) is 54.2 Å². The summed E-state index contributed by atoms with van der Waals surface area (Å²) in [5.41, 5.74) is 2.95. The topological polar surface area (TPSA) is 43.6 Å². The number of halogens is 1. The first-order valence-corrected chi connectivity index (χ1v) is 10.5. The first-order valence-electron chi connectivity index (χ1n) is 9.51. The Hall–Kier alpha value is -3.51. The van der Waals surface area contributed by atoms with E-state index in [2.05, 4.69) is 51.6 Å². The Labute approximate surface area is 177 Å². The Bertz CT molecular complexity index is 1290. The molecule has 0 bridgehead atoms. The van der Waals surface area contributed by atoms with Crippen LogP contribution in [0, 0.1) is 5.82 Å². The standard InChI is InChI=1S/C24H17FN4S/c25-20-8-10-21(11-9-20)29-23(18-12-14-26-15-13-18)27-28-24(29)30-16-19-6-3-5-17-4-1-2-7-22(17)19/h1-15H,16H2. The van der Waals surface area contributed by atoms with Crippen molar-refractivity contribution in [3.05, 3.63) is 103 Å². The highest BCUT2D eigenvalue weighted by atomic mass is 32.2. The number of pyridine rings is 1. The minimum absolute atomic E-state index is 0.276. The number of hydrogen-bond acceptors (Lipinski definition) is 4. The summed E-state index contributed by atoms with van der Waals surface area (Å²) in [5.74, 6) is 1.17. The van der Waals surface area contributed by atoms with Gasteiger partial charge in [0.25, 0.3) is 0 Å². The van der Waals surface area contributed by atoms with Crippen LogP contribution in [0.1, 0.15) is 5.56 Å². The highest BCUT2D eigenvalue weighted by Crippen LogP contribution is 2.31. The number of thioether (sulfide) groups is 1. The molecule has 0 N–H and O–H groups in total. The number of aromatic nitrogens is 4.